The third-order valence-electron chi connectivity index (χ3n) is 8.25. The first-order chi connectivity index (χ1) is 18.1. The van der Waals surface area contributed by atoms with Gasteiger partial charge in [0.25, 0.3) is 0 Å². The van der Waals surface area contributed by atoms with Gasteiger partial charge in [-0.15, -0.1) is 0 Å². The van der Waals surface area contributed by atoms with E-state index in [4.69, 9.17) is 0 Å². The van der Waals surface area contributed by atoms with E-state index < -0.39 is 0 Å². The fourth-order valence-electron chi connectivity index (χ4n) is 5.63. The van der Waals surface area contributed by atoms with E-state index in [0.717, 1.165) is 25.7 Å². The van der Waals surface area contributed by atoms with Crippen LogP contribution in [0.2, 0.25) is 0 Å². The molecule has 0 aromatic carbocycles. The van der Waals surface area contributed by atoms with E-state index in [1.54, 1.807) is 6.92 Å². The average Bonchev–Trinajstić information content (AvgIpc) is 2.88. The normalized spacial score (nSPS) is 12.2. The Morgan fingerprint density at radius 1 is 0.405 bits per heavy atom. The van der Waals surface area contributed by atoms with Crippen LogP contribution in [-0.2, 0) is 9.59 Å². The lowest BCUT2D eigenvalue weighted by atomic mass is 9.90. The summed E-state index contributed by atoms with van der Waals surface area (Å²) in [7, 11) is 0. The van der Waals surface area contributed by atoms with E-state index in [9.17, 15) is 9.59 Å². The molecule has 1 unspecified atom stereocenters. The highest BCUT2D eigenvalue weighted by Crippen LogP contribution is 2.19. The molecule has 0 saturated heterocycles. The van der Waals surface area contributed by atoms with Crippen LogP contribution in [0.15, 0.2) is 0 Å². The Hall–Kier alpha value is -0.660. The van der Waals surface area contributed by atoms with Gasteiger partial charge in [-0.05, 0) is 19.8 Å². The van der Waals surface area contributed by atoms with Crippen molar-refractivity contribution >= 4 is 11.6 Å². The minimum atomic E-state index is -0.324. The molecule has 0 saturated carbocycles. The smallest absolute Gasteiger partial charge is 0.143 e. The Morgan fingerprint density at radius 2 is 0.676 bits per heavy atom. The predicted molar refractivity (Wildman–Crippen MR) is 164 cm³/mol. The van der Waals surface area contributed by atoms with Gasteiger partial charge in [0.2, 0.25) is 0 Å². The van der Waals surface area contributed by atoms with Crippen molar-refractivity contribution in [3.05, 3.63) is 0 Å². The highest BCUT2D eigenvalue weighted by atomic mass is 16.1. The first kappa shape index (κ1) is 36.3. The van der Waals surface area contributed by atoms with Gasteiger partial charge in [0.15, 0.2) is 0 Å². The van der Waals surface area contributed by atoms with Crippen LogP contribution in [0.1, 0.15) is 207 Å². The average molecular weight is 521 g/mol. The van der Waals surface area contributed by atoms with Gasteiger partial charge in [-0.3, -0.25) is 9.59 Å². The third-order valence-corrected chi connectivity index (χ3v) is 8.25. The highest BCUT2D eigenvalue weighted by Gasteiger charge is 2.21. The summed E-state index contributed by atoms with van der Waals surface area (Å²) in [6.45, 7) is 6.18. The molecule has 0 radical (unpaired) electrons. The Balaban J connectivity index is 3.55. The molecule has 0 bridgehead atoms. The fourth-order valence-corrected chi connectivity index (χ4v) is 5.63. The fraction of sp³-hybridized carbons (Fsp3) is 0.943. The molecular formula is C35H68O2. The molecule has 0 aromatic rings. The van der Waals surface area contributed by atoms with Crippen LogP contribution in [0.3, 0.4) is 0 Å². The molecule has 0 aliphatic heterocycles. The molecule has 0 spiro atoms. The molecule has 0 heterocycles. The summed E-state index contributed by atoms with van der Waals surface area (Å²) in [5, 5.41) is 0. The number of ketones is 2. The van der Waals surface area contributed by atoms with Crippen molar-refractivity contribution in [2.45, 2.75) is 207 Å². The molecule has 0 amide bonds. The third kappa shape index (κ3) is 26.7. The highest BCUT2D eigenvalue weighted by molar-refractivity contribution is 6.01. The quantitative estimate of drug-likeness (QED) is 0.0672. The van der Waals surface area contributed by atoms with Gasteiger partial charge in [-0.25, -0.2) is 0 Å². The van der Waals surface area contributed by atoms with Crippen LogP contribution < -0.4 is 0 Å². The number of Topliss-reactive ketones (excluding diaryl/α,β-unsaturated/α-hetero) is 2. The van der Waals surface area contributed by atoms with Gasteiger partial charge in [-0.2, -0.15) is 0 Å². The maximum atomic E-state index is 12.6. The summed E-state index contributed by atoms with van der Waals surface area (Å²) >= 11 is 0. The van der Waals surface area contributed by atoms with Gasteiger partial charge in [0, 0.05) is 6.42 Å². The van der Waals surface area contributed by atoms with E-state index in [1.807, 2.05) is 0 Å². The molecule has 0 aliphatic carbocycles. The van der Waals surface area contributed by atoms with Crippen LogP contribution in [0.4, 0.5) is 0 Å². The van der Waals surface area contributed by atoms with E-state index in [0.29, 0.717) is 6.42 Å². The zero-order valence-corrected chi connectivity index (χ0v) is 25.9. The lowest BCUT2D eigenvalue weighted by Gasteiger charge is -2.12. The predicted octanol–water partition coefficient (Wildman–Crippen LogP) is 12.1. The van der Waals surface area contributed by atoms with E-state index in [1.165, 1.54) is 154 Å². The largest absolute Gasteiger partial charge is 0.299 e. The van der Waals surface area contributed by atoms with Crippen LogP contribution in [0.5, 0.6) is 0 Å². The summed E-state index contributed by atoms with van der Waals surface area (Å²) in [4.78, 5) is 24.7. The summed E-state index contributed by atoms with van der Waals surface area (Å²) in [6, 6.07) is 0. The van der Waals surface area contributed by atoms with Crippen molar-refractivity contribution in [1.29, 1.82) is 0 Å². The molecule has 37 heavy (non-hydrogen) atoms. The molecule has 2 nitrogen and oxygen atoms in total. The standard InChI is InChI=1S/C35H68O2/c1-4-6-8-10-12-14-16-18-20-21-23-25-27-29-31-34(33(3)36)35(37)32-30-28-26-24-22-19-17-15-13-11-9-7-5-2/h34H,4-32H2,1-3H3. The maximum absolute atomic E-state index is 12.6. The van der Waals surface area contributed by atoms with Crippen LogP contribution in [0.25, 0.3) is 0 Å². The summed E-state index contributed by atoms with van der Waals surface area (Å²) in [6.07, 6.45) is 37.3. The molecule has 1 atom stereocenters. The molecule has 0 fully saturated rings. The van der Waals surface area contributed by atoms with Gasteiger partial charge in [-0.1, -0.05) is 181 Å². The number of hydrogen-bond acceptors (Lipinski definition) is 2. The molecule has 0 aromatic heterocycles. The lowest BCUT2D eigenvalue weighted by molar-refractivity contribution is -0.132. The van der Waals surface area contributed by atoms with Gasteiger partial charge < -0.3 is 0 Å². The number of unbranched alkanes of at least 4 members (excludes halogenated alkanes) is 25. The van der Waals surface area contributed by atoms with Crippen LogP contribution in [-0.4, -0.2) is 11.6 Å². The maximum Gasteiger partial charge on any atom is 0.143 e. The van der Waals surface area contributed by atoms with Crippen LogP contribution >= 0.6 is 0 Å². The Morgan fingerprint density at radius 3 is 0.973 bits per heavy atom. The zero-order valence-electron chi connectivity index (χ0n) is 25.9. The van der Waals surface area contributed by atoms with Crippen molar-refractivity contribution < 1.29 is 9.59 Å². The summed E-state index contributed by atoms with van der Waals surface area (Å²) < 4.78 is 0. The zero-order chi connectivity index (χ0) is 27.2. The molecule has 220 valence electrons. The number of hydrogen-bond donors (Lipinski definition) is 0. The Kier molecular flexibility index (Phi) is 29.4. The molecular weight excluding hydrogens is 452 g/mol. The number of carbonyl (C=O) groups is 2. The van der Waals surface area contributed by atoms with Crippen molar-refractivity contribution in [3.8, 4) is 0 Å². The first-order valence-electron chi connectivity index (χ1n) is 17.2. The minimum Gasteiger partial charge on any atom is -0.299 e. The summed E-state index contributed by atoms with van der Waals surface area (Å²) in [5.41, 5.74) is 0. The number of rotatable bonds is 31. The second kappa shape index (κ2) is 29.9. The van der Waals surface area contributed by atoms with Crippen molar-refractivity contribution in [2.75, 3.05) is 0 Å². The minimum absolute atomic E-state index is 0.0920. The van der Waals surface area contributed by atoms with Crippen molar-refractivity contribution in [3.63, 3.8) is 0 Å². The second-order valence-corrected chi connectivity index (χ2v) is 12.0. The van der Waals surface area contributed by atoms with Crippen LogP contribution in [0, 0.1) is 5.92 Å². The topological polar surface area (TPSA) is 34.1 Å². The molecule has 0 N–H and O–H groups in total. The Labute approximate surface area is 233 Å². The molecule has 0 aliphatic rings. The summed E-state index contributed by atoms with van der Waals surface area (Å²) in [5.74, 6) is -0.0192. The van der Waals surface area contributed by atoms with E-state index in [-0.39, 0.29) is 17.5 Å². The number of carbonyl (C=O) groups excluding carboxylic acids is 2. The van der Waals surface area contributed by atoms with Gasteiger partial charge >= 0.3 is 0 Å². The van der Waals surface area contributed by atoms with Gasteiger partial charge in [0.1, 0.15) is 11.6 Å². The van der Waals surface area contributed by atoms with E-state index in [2.05, 4.69) is 13.8 Å². The lowest BCUT2D eigenvalue weighted by Crippen LogP contribution is -2.21. The Bertz CT molecular complexity index is 484. The van der Waals surface area contributed by atoms with Gasteiger partial charge in [0.05, 0.1) is 5.92 Å². The van der Waals surface area contributed by atoms with Crippen molar-refractivity contribution in [2.24, 2.45) is 5.92 Å². The van der Waals surface area contributed by atoms with Crippen molar-refractivity contribution in [1.82, 2.24) is 0 Å². The monoisotopic (exact) mass is 521 g/mol. The first-order valence-corrected chi connectivity index (χ1v) is 17.2. The SMILES string of the molecule is CCCCCCCCCCCCCCCCC(C(C)=O)C(=O)CCCCCCCCCCCCCCC. The molecule has 2 heteroatoms. The molecule has 0 rings (SSSR count). The second-order valence-electron chi connectivity index (χ2n) is 12.0. The van der Waals surface area contributed by atoms with E-state index >= 15 is 0 Å².